The molecule has 5 heterocycles. The van der Waals surface area contributed by atoms with Crippen molar-refractivity contribution in [3.05, 3.63) is 98.9 Å². The molecule has 2 aromatic heterocycles. The first-order chi connectivity index (χ1) is 34.4. The predicted octanol–water partition coefficient (Wildman–Crippen LogP) is 5.30. The number of aryl methyl sites for hydroxylation is 1. The van der Waals surface area contributed by atoms with E-state index in [0.717, 1.165) is 21.4 Å². The number of phenolic OH excluding ortho intramolecular Hbond substituents is 1. The predicted molar refractivity (Wildman–Crippen MR) is 261 cm³/mol. The van der Waals surface area contributed by atoms with E-state index >= 15 is 0 Å². The van der Waals surface area contributed by atoms with Crippen molar-refractivity contribution >= 4 is 64.2 Å². The summed E-state index contributed by atoms with van der Waals surface area (Å²) < 4.78 is 18.3. The minimum absolute atomic E-state index is 0.0849. The summed E-state index contributed by atoms with van der Waals surface area (Å²) in [7, 11) is 0. The number of nitrogens with one attached hydrogen (secondary N) is 3. The molecule has 0 aliphatic carbocycles. The Balaban J connectivity index is 0.970. The van der Waals surface area contributed by atoms with Crippen LogP contribution in [0.1, 0.15) is 107 Å². The zero-order valence-corrected chi connectivity index (χ0v) is 40.7. The van der Waals surface area contributed by atoms with Gasteiger partial charge in [0, 0.05) is 66.2 Å². The van der Waals surface area contributed by atoms with Gasteiger partial charge < -0.3 is 45.6 Å². The number of esters is 1. The maximum Gasteiger partial charge on any atom is 0.510 e. The maximum absolute atomic E-state index is 14.1. The monoisotopic (exact) mass is 989 g/mol. The third kappa shape index (κ3) is 11.3. The summed E-state index contributed by atoms with van der Waals surface area (Å²) in [4.78, 5) is 122. The van der Waals surface area contributed by atoms with E-state index in [4.69, 9.17) is 24.9 Å². The summed E-state index contributed by atoms with van der Waals surface area (Å²) in [5.41, 5.74) is 7.33. The van der Waals surface area contributed by atoms with Gasteiger partial charge in [-0.3, -0.25) is 33.7 Å². The van der Waals surface area contributed by atoms with Crippen molar-refractivity contribution in [2.24, 2.45) is 17.6 Å². The highest BCUT2D eigenvalue weighted by Gasteiger charge is 2.51. The second kappa shape index (κ2) is 22.5. The van der Waals surface area contributed by atoms with Crippen LogP contribution >= 0.6 is 0 Å². The molecule has 6 amide bonds. The van der Waals surface area contributed by atoms with Gasteiger partial charge in [0.15, 0.2) is 5.78 Å². The van der Waals surface area contributed by atoms with Crippen LogP contribution in [0.3, 0.4) is 0 Å². The Bertz CT molecular complexity index is 2890. The minimum atomic E-state index is -2.01. The van der Waals surface area contributed by atoms with Gasteiger partial charge in [0.1, 0.15) is 19.0 Å². The number of Topliss-reactive ketones (excluding diaryl/α,β-unsaturated/α-hetero) is 1. The molecular weight excluding hydrogens is 931 g/mol. The number of cyclic esters (lactones) is 1. The number of carbonyl (C=O) groups is 8. The molecule has 7 rings (SSSR count). The number of nitrogens with zero attached hydrogens (tertiary/aromatic N) is 3. The molecule has 2 aromatic carbocycles. The fourth-order valence-corrected chi connectivity index (χ4v) is 9.46. The Hall–Kier alpha value is -7.90. The molecule has 0 unspecified atom stereocenters. The van der Waals surface area contributed by atoms with Gasteiger partial charge in [-0.15, -0.1) is 0 Å². The number of pyridine rings is 2. The number of anilines is 1. The number of rotatable bonds is 22. The second-order valence-corrected chi connectivity index (χ2v) is 18.4. The Labute approximate surface area is 414 Å². The first kappa shape index (κ1) is 51.9. The maximum atomic E-state index is 14.1. The topological polar surface area (TPSA) is 285 Å². The molecule has 4 aromatic rings. The van der Waals surface area contributed by atoms with Crippen molar-refractivity contribution in [2.45, 2.75) is 117 Å². The molecule has 3 atom stereocenters. The number of aromatic nitrogens is 2. The molecule has 0 radical (unpaired) electrons. The normalized spacial score (nSPS) is 16.4. The lowest BCUT2D eigenvalue weighted by Crippen LogP contribution is -2.47. The number of unbranched alkanes of at least 4 members (excludes halogenated alkanes) is 2. The fourth-order valence-electron chi connectivity index (χ4n) is 9.46. The van der Waals surface area contributed by atoms with Crippen LogP contribution in [0, 0.1) is 11.8 Å². The number of carbonyl (C=O) groups excluding carboxylic acids is 8. The first-order valence-corrected chi connectivity index (χ1v) is 24.2. The molecule has 6 N–H and O–H groups in total. The zero-order chi connectivity index (χ0) is 51.9. The first-order valence-electron chi connectivity index (χ1n) is 24.2. The number of urea groups is 1. The number of nitrogens with two attached hydrogens (primary N) is 1. The number of phenols is 1. The lowest BCUT2D eigenvalue weighted by molar-refractivity contribution is -0.175. The van der Waals surface area contributed by atoms with Crippen molar-refractivity contribution in [1.29, 1.82) is 0 Å². The number of fused-ring (bicyclic) bond motifs is 5. The second-order valence-electron chi connectivity index (χ2n) is 18.4. The van der Waals surface area contributed by atoms with Crippen LogP contribution in [-0.4, -0.2) is 86.3 Å². The Morgan fingerprint density at radius 2 is 1.67 bits per heavy atom. The smallest absolute Gasteiger partial charge is 0.508 e. The molecule has 0 saturated heterocycles. The van der Waals surface area contributed by atoms with Gasteiger partial charge in [-0.1, -0.05) is 46.2 Å². The summed E-state index contributed by atoms with van der Waals surface area (Å²) in [6, 6.07) is 11.3. The number of hydrogen-bond donors (Lipinski definition) is 5. The lowest BCUT2D eigenvalue weighted by atomic mass is 9.85. The minimum Gasteiger partial charge on any atom is -0.508 e. The van der Waals surface area contributed by atoms with Gasteiger partial charge in [0.2, 0.25) is 17.4 Å². The van der Waals surface area contributed by atoms with Gasteiger partial charge in [-0.25, -0.2) is 19.4 Å². The Morgan fingerprint density at radius 1 is 0.931 bits per heavy atom. The third-order valence-electron chi connectivity index (χ3n) is 13.3. The number of benzene rings is 2. The van der Waals surface area contributed by atoms with Gasteiger partial charge in [-0.2, -0.15) is 0 Å². The number of ether oxygens (including phenoxy) is 3. The lowest BCUT2D eigenvalue weighted by Gasteiger charge is -2.35. The highest BCUT2D eigenvalue weighted by molar-refractivity contribution is 6.12. The quantitative estimate of drug-likeness (QED) is 0.0335. The zero-order valence-electron chi connectivity index (χ0n) is 40.7. The SMILES string of the molecule is CCc1c2c(nc3ccc(O)cc13)-c1cc3c(c(=O)n1C2)COC(=O)[C@@]3(CC)OC(=O)OCc1ccc(NC(=O)[C@H](CCCNC(N)=O)CC(=O)[C@@H](NC(=O)CCCCCN2C(=O)C=CC2=O)C(C)C)cc1. The molecule has 0 fully saturated rings. The van der Waals surface area contributed by atoms with E-state index in [9.17, 15) is 48.3 Å². The molecule has 0 saturated carbocycles. The number of primary amides is 1. The summed E-state index contributed by atoms with van der Waals surface area (Å²) in [6.45, 7) is 7.17. The van der Waals surface area contributed by atoms with E-state index in [2.05, 4.69) is 16.0 Å². The number of aromatic hydroxyl groups is 1. The third-order valence-corrected chi connectivity index (χ3v) is 13.3. The molecule has 72 heavy (non-hydrogen) atoms. The average Bonchev–Trinajstić information content (AvgIpc) is 3.88. The molecule has 0 bridgehead atoms. The van der Waals surface area contributed by atoms with Crippen LogP contribution in [-0.2, 0) is 74.8 Å². The molecule has 0 spiro atoms. The molecule has 3 aliphatic heterocycles. The van der Waals surface area contributed by atoms with Crippen molar-refractivity contribution < 1.29 is 57.7 Å². The van der Waals surface area contributed by atoms with E-state index in [0.29, 0.717) is 60.3 Å². The van der Waals surface area contributed by atoms with Gasteiger partial charge in [0.05, 0.1) is 35.1 Å². The highest BCUT2D eigenvalue weighted by atomic mass is 16.7. The van der Waals surface area contributed by atoms with E-state index in [1.165, 1.54) is 18.2 Å². The summed E-state index contributed by atoms with van der Waals surface area (Å²) in [6.07, 6.45) is 3.75. The van der Waals surface area contributed by atoms with Crippen molar-refractivity contribution in [2.75, 3.05) is 18.4 Å². The summed E-state index contributed by atoms with van der Waals surface area (Å²) in [5, 5.41) is 19.1. The van der Waals surface area contributed by atoms with E-state index in [1.54, 1.807) is 67.8 Å². The van der Waals surface area contributed by atoms with Crippen LogP contribution in [0.4, 0.5) is 15.3 Å². The number of ketones is 1. The van der Waals surface area contributed by atoms with Crippen LogP contribution in [0.5, 0.6) is 5.75 Å². The van der Waals surface area contributed by atoms with E-state index < -0.39 is 47.2 Å². The van der Waals surface area contributed by atoms with Gasteiger partial charge in [0.25, 0.3) is 17.4 Å². The largest absolute Gasteiger partial charge is 0.510 e. The molecule has 380 valence electrons. The van der Waals surface area contributed by atoms with Gasteiger partial charge >= 0.3 is 18.2 Å². The van der Waals surface area contributed by atoms with E-state index in [1.807, 2.05) is 6.92 Å². The van der Waals surface area contributed by atoms with Crippen LogP contribution in [0.15, 0.2) is 65.5 Å². The molecule has 20 nitrogen and oxygen atoms in total. The number of hydrogen-bond acceptors (Lipinski definition) is 14. The molecule has 20 heteroatoms. The van der Waals surface area contributed by atoms with Crippen molar-refractivity contribution in [3.8, 4) is 17.1 Å². The van der Waals surface area contributed by atoms with Crippen LogP contribution in [0.25, 0.3) is 22.3 Å². The summed E-state index contributed by atoms with van der Waals surface area (Å²) in [5.74, 6) is -3.84. The van der Waals surface area contributed by atoms with E-state index in [-0.39, 0.29) is 105 Å². The number of amides is 6. The fraction of sp³-hybridized carbons (Fsp3) is 0.423. The van der Waals surface area contributed by atoms with Crippen LogP contribution < -0.4 is 27.2 Å². The molecule has 3 aliphatic rings. The van der Waals surface area contributed by atoms with Gasteiger partial charge in [-0.05, 0) is 92.0 Å². The highest BCUT2D eigenvalue weighted by Crippen LogP contribution is 2.42. The van der Waals surface area contributed by atoms with Crippen molar-refractivity contribution in [1.82, 2.24) is 25.1 Å². The number of imide groups is 1. The summed E-state index contributed by atoms with van der Waals surface area (Å²) >= 11 is 0. The Morgan fingerprint density at radius 3 is 2.35 bits per heavy atom. The van der Waals surface area contributed by atoms with Crippen LogP contribution in [0.2, 0.25) is 0 Å². The Kier molecular flexibility index (Phi) is 16.2. The average molecular weight is 990 g/mol. The standard InChI is InChI=1S/C52H59N7O13/c1-5-34-35-24-33(60)17-18-39(35)56-46-36(34)26-59-40(46)25-38-37(48(59)66)28-70-49(67)52(38,6-2)72-51(69)71-27-30-13-15-32(16-14-30)55-47(65)31(11-10-21-54-50(53)68)23-41(61)45(29(3)4)57-42(62)12-8-7-9-22-58-43(63)19-20-44(58)64/h13-20,24-25,29,31,45,60H,5-12,21-23,26-28H2,1-4H3,(H,55,65)(H,57,62)(H3,53,54,68)/t31-,45+,52+/m1/s1. The molecular formula is C52H59N7O13. The van der Waals surface area contributed by atoms with Crippen molar-refractivity contribution in [3.63, 3.8) is 0 Å².